The van der Waals surface area contributed by atoms with Crippen LogP contribution in [-0.4, -0.2) is 29.6 Å². The predicted molar refractivity (Wildman–Crippen MR) is 109 cm³/mol. The lowest BCUT2D eigenvalue weighted by atomic mass is 10.1. The van der Waals surface area contributed by atoms with Crippen molar-refractivity contribution in [2.75, 3.05) is 14.2 Å². The molecule has 0 aliphatic rings. The van der Waals surface area contributed by atoms with Gasteiger partial charge in [0.25, 0.3) is 11.6 Å². The van der Waals surface area contributed by atoms with E-state index in [-0.39, 0.29) is 17.8 Å². The van der Waals surface area contributed by atoms with Crippen LogP contribution in [0.15, 0.2) is 35.3 Å². The van der Waals surface area contributed by atoms with Gasteiger partial charge in [0.05, 0.1) is 25.7 Å². The Morgan fingerprint density at radius 2 is 1.97 bits per heavy atom. The highest BCUT2D eigenvalue weighted by Crippen LogP contribution is 2.35. The van der Waals surface area contributed by atoms with Gasteiger partial charge in [-0.1, -0.05) is 23.3 Å². The Morgan fingerprint density at radius 3 is 2.59 bits per heavy atom. The summed E-state index contributed by atoms with van der Waals surface area (Å²) in [7, 11) is 3.08. The molecule has 0 bridgehead atoms. The first kappa shape index (κ1) is 20.1. The van der Waals surface area contributed by atoms with Crippen LogP contribution < -0.4 is 14.3 Å². The standard InChI is InChI=1S/C20H17N3O5S/c1-5-10-22-17-15(27-3)8-9-16(28-4)18(17)29-20(22)21-19(24)13-7-6-12(2)14(11-13)23(25)26/h1,6-9,11H,10H2,2-4H3. The zero-order chi connectivity index (χ0) is 21.1. The molecule has 1 amide bonds. The Morgan fingerprint density at radius 1 is 1.28 bits per heavy atom. The van der Waals surface area contributed by atoms with Crippen molar-refractivity contribution >= 4 is 33.1 Å². The van der Waals surface area contributed by atoms with E-state index in [0.717, 1.165) is 4.70 Å². The number of thiazole rings is 1. The summed E-state index contributed by atoms with van der Waals surface area (Å²) in [5.41, 5.74) is 1.11. The third kappa shape index (κ3) is 3.70. The zero-order valence-electron chi connectivity index (χ0n) is 16.0. The summed E-state index contributed by atoms with van der Waals surface area (Å²) in [4.78, 5) is 27.9. The SMILES string of the molecule is C#CCn1c(=NC(=O)c2ccc(C)c([N+](=O)[O-])c2)sc2c(OC)ccc(OC)c21. The van der Waals surface area contributed by atoms with Gasteiger partial charge in [-0.15, -0.1) is 6.42 Å². The fraction of sp³-hybridized carbons (Fsp3) is 0.200. The van der Waals surface area contributed by atoms with Gasteiger partial charge in [-0.3, -0.25) is 14.9 Å². The minimum Gasteiger partial charge on any atom is -0.495 e. The predicted octanol–water partition coefficient (Wildman–Crippen LogP) is 3.31. The molecule has 0 saturated carbocycles. The number of methoxy groups -OCH3 is 2. The molecule has 148 valence electrons. The van der Waals surface area contributed by atoms with Crippen molar-refractivity contribution in [2.45, 2.75) is 13.5 Å². The van der Waals surface area contributed by atoms with Gasteiger partial charge < -0.3 is 14.0 Å². The highest BCUT2D eigenvalue weighted by Gasteiger charge is 2.18. The molecule has 0 spiro atoms. The number of benzene rings is 2. The molecular weight excluding hydrogens is 394 g/mol. The van der Waals surface area contributed by atoms with Crippen LogP contribution in [0.5, 0.6) is 11.5 Å². The number of fused-ring (bicyclic) bond motifs is 1. The number of terminal acetylenes is 1. The number of rotatable bonds is 5. The second-order valence-electron chi connectivity index (χ2n) is 6.00. The topological polar surface area (TPSA) is 96.0 Å². The first-order valence-electron chi connectivity index (χ1n) is 8.43. The number of ether oxygens (including phenoxy) is 2. The molecule has 0 aliphatic carbocycles. The molecule has 0 fully saturated rings. The van der Waals surface area contributed by atoms with Crippen LogP contribution in [0.2, 0.25) is 0 Å². The van der Waals surface area contributed by atoms with E-state index in [1.54, 1.807) is 30.7 Å². The summed E-state index contributed by atoms with van der Waals surface area (Å²) in [6, 6.07) is 7.76. The Balaban J connectivity index is 2.24. The van der Waals surface area contributed by atoms with Crippen molar-refractivity contribution in [3.05, 3.63) is 56.4 Å². The minimum atomic E-state index is -0.608. The fourth-order valence-corrected chi connectivity index (χ4v) is 4.00. The maximum atomic E-state index is 12.7. The summed E-state index contributed by atoms with van der Waals surface area (Å²) in [5.74, 6) is 3.10. The van der Waals surface area contributed by atoms with Crippen LogP contribution in [0.4, 0.5) is 5.69 Å². The molecule has 0 N–H and O–H groups in total. The summed E-state index contributed by atoms with van der Waals surface area (Å²) in [6.45, 7) is 1.76. The number of carbonyl (C=O) groups is 1. The molecule has 9 heteroatoms. The largest absolute Gasteiger partial charge is 0.495 e. The summed E-state index contributed by atoms with van der Waals surface area (Å²) in [5, 5.41) is 11.2. The van der Waals surface area contributed by atoms with E-state index in [2.05, 4.69) is 10.9 Å². The molecule has 29 heavy (non-hydrogen) atoms. The van der Waals surface area contributed by atoms with E-state index in [4.69, 9.17) is 15.9 Å². The van der Waals surface area contributed by atoms with Crippen LogP contribution in [0, 0.1) is 29.4 Å². The maximum absolute atomic E-state index is 12.7. The lowest BCUT2D eigenvalue weighted by molar-refractivity contribution is -0.385. The van der Waals surface area contributed by atoms with Crippen molar-refractivity contribution in [2.24, 2.45) is 4.99 Å². The minimum absolute atomic E-state index is 0.117. The number of hydrogen-bond acceptors (Lipinski definition) is 6. The zero-order valence-corrected chi connectivity index (χ0v) is 16.8. The van der Waals surface area contributed by atoms with Gasteiger partial charge >= 0.3 is 0 Å². The molecule has 2 aromatic carbocycles. The molecule has 1 aromatic heterocycles. The average Bonchev–Trinajstić information content (AvgIpc) is 3.05. The third-order valence-electron chi connectivity index (χ3n) is 4.29. The van der Waals surface area contributed by atoms with Crippen molar-refractivity contribution in [1.29, 1.82) is 0 Å². The lowest BCUT2D eigenvalue weighted by Gasteiger charge is -2.08. The Kier molecular flexibility index (Phi) is 5.66. The van der Waals surface area contributed by atoms with E-state index >= 15 is 0 Å². The smallest absolute Gasteiger partial charge is 0.279 e. The second-order valence-corrected chi connectivity index (χ2v) is 6.98. The molecule has 3 rings (SSSR count). The van der Waals surface area contributed by atoms with E-state index < -0.39 is 10.8 Å². The van der Waals surface area contributed by atoms with Crippen molar-refractivity contribution in [1.82, 2.24) is 4.57 Å². The number of hydrogen-bond donors (Lipinski definition) is 0. The third-order valence-corrected chi connectivity index (χ3v) is 5.38. The number of carbonyl (C=O) groups excluding carboxylic acids is 1. The summed E-state index contributed by atoms with van der Waals surface area (Å²) >= 11 is 1.22. The van der Waals surface area contributed by atoms with Gasteiger partial charge in [0.1, 0.15) is 21.7 Å². The average molecular weight is 411 g/mol. The van der Waals surface area contributed by atoms with Crippen LogP contribution in [0.25, 0.3) is 10.2 Å². The second kappa shape index (κ2) is 8.16. The number of aryl methyl sites for hydroxylation is 1. The monoisotopic (exact) mass is 411 g/mol. The number of amides is 1. The van der Waals surface area contributed by atoms with Gasteiger partial charge in [-0.25, -0.2) is 0 Å². The molecule has 0 atom stereocenters. The van der Waals surface area contributed by atoms with E-state index in [1.165, 1.54) is 36.6 Å². The van der Waals surface area contributed by atoms with Crippen molar-refractivity contribution in [3.8, 4) is 23.8 Å². The molecule has 0 unspecified atom stereocenters. The fourth-order valence-electron chi connectivity index (χ4n) is 2.87. The van der Waals surface area contributed by atoms with Gasteiger partial charge in [0.2, 0.25) is 0 Å². The molecule has 3 aromatic rings. The van der Waals surface area contributed by atoms with E-state index in [0.29, 0.717) is 27.4 Å². The highest BCUT2D eigenvalue weighted by atomic mass is 32.1. The molecule has 0 radical (unpaired) electrons. The van der Waals surface area contributed by atoms with Gasteiger partial charge in [0, 0.05) is 17.2 Å². The lowest BCUT2D eigenvalue weighted by Crippen LogP contribution is -2.17. The normalized spacial score (nSPS) is 11.3. The summed E-state index contributed by atoms with van der Waals surface area (Å²) < 4.78 is 13.2. The molecule has 1 heterocycles. The first-order chi connectivity index (χ1) is 13.9. The van der Waals surface area contributed by atoms with Crippen LogP contribution >= 0.6 is 11.3 Å². The first-order valence-corrected chi connectivity index (χ1v) is 9.24. The van der Waals surface area contributed by atoms with Gasteiger partial charge in [-0.2, -0.15) is 4.99 Å². The molecular formula is C20H17N3O5S. The number of nitrogens with zero attached hydrogens (tertiary/aromatic N) is 3. The van der Waals surface area contributed by atoms with Crippen LogP contribution in [-0.2, 0) is 6.54 Å². The highest BCUT2D eigenvalue weighted by molar-refractivity contribution is 7.16. The van der Waals surface area contributed by atoms with Crippen LogP contribution in [0.3, 0.4) is 0 Å². The van der Waals surface area contributed by atoms with Gasteiger partial charge in [0.15, 0.2) is 4.80 Å². The quantitative estimate of drug-likeness (QED) is 0.365. The van der Waals surface area contributed by atoms with Gasteiger partial charge in [-0.05, 0) is 25.1 Å². The van der Waals surface area contributed by atoms with E-state index in [1.807, 2.05) is 0 Å². The number of aromatic nitrogens is 1. The van der Waals surface area contributed by atoms with Crippen molar-refractivity contribution in [3.63, 3.8) is 0 Å². The molecule has 8 nitrogen and oxygen atoms in total. The van der Waals surface area contributed by atoms with Crippen LogP contribution in [0.1, 0.15) is 15.9 Å². The molecule has 0 aliphatic heterocycles. The maximum Gasteiger partial charge on any atom is 0.279 e. The number of nitro benzene ring substituents is 1. The Labute approximate surface area is 170 Å². The number of nitro groups is 1. The molecule has 0 saturated heterocycles. The Hall–Kier alpha value is -3.64. The Bertz CT molecular complexity index is 1230. The van der Waals surface area contributed by atoms with E-state index in [9.17, 15) is 14.9 Å². The summed E-state index contributed by atoms with van der Waals surface area (Å²) in [6.07, 6.45) is 5.51. The van der Waals surface area contributed by atoms with Crippen molar-refractivity contribution < 1.29 is 19.2 Å².